The van der Waals surface area contributed by atoms with Crippen LogP contribution in [0.2, 0.25) is 0 Å². The van der Waals surface area contributed by atoms with Gasteiger partial charge in [-0.3, -0.25) is 4.68 Å². The SMILES string of the molecule is CC(Cn1cccn1)NC(=O)N(C)Cc1nc2ccccc2n1C. The van der Waals surface area contributed by atoms with E-state index in [9.17, 15) is 4.79 Å². The number of aryl methyl sites for hydroxylation is 1. The molecule has 7 nitrogen and oxygen atoms in total. The fourth-order valence-corrected chi connectivity index (χ4v) is 2.68. The molecule has 0 bridgehead atoms. The third-order valence-electron chi connectivity index (χ3n) is 4.00. The summed E-state index contributed by atoms with van der Waals surface area (Å²) in [6, 6.07) is 9.69. The number of hydrogen-bond acceptors (Lipinski definition) is 3. The molecule has 2 aromatic heterocycles. The first-order valence-corrected chi connectivity index (χ1v) is 7.94. The molecule has 126 valence electrons. The minimum absolute atomic E-state index is 0.0136. The van der Waals surface area contributed by atoms with Gasteiger partial charge in [0.2, 0.25) is 0 Å². The molecule has 24 heavy (non-hydrogen) atoms. The largest absolute Gasteiger partial charge is 0.334 e. The van der Waals surface area contributed by atoms with Gasteiger partial charge in [0.25, 0.3) is 0 Å². The number of benzene rings is 1. The summed E-state index contributed by atoms with van der Waals surface area (Å²) in [5, 5.41) is 7.13. The third-order valence-corrected chi connectivity index (χ3v) is 4.00. The number of amides is 2. The lowest BCUT2D eigenvalue weighted by Crippen LogP contribution is -2.43. The second kappa shape index (κ2) is 6.74. The Balaban J connectivity index is 1.61. The topological polar surface area (TPSA) is 68.0 Å². The van der Waals surface area contributed by atoms with Crippen molar-refractivity contribution in [2.24, 2.45) is 7.05 Å². The lowest BCUT2D eigenvalue weighted by molar-refractivity contribution is 0.200. The summed E-state index contributed by atoms with van der Waals surface area (Å²) in [5.41, 5.74) is 2.00. The number of nitrogens with one attached hydrogen (secondary N) is 1. The van der Waals surface area contributed by atoms with Gasteiger partial charge in [-0.05, 0) is 25.1 Å². The Labute approximate surface area is 140 Å². The Morgan fingerprint density at radius 2 is 2.12 bits per heavy atom. The third kappa shape index (κ3) is 3.40. The van der Waals surface area contributed by atoms with Gasteiger partial charge in [0, 0.05) is 32.5 Å². The highest BCUT2D eigenvalue weighted by Gasteiger charge is 2.16. The first kappa shape index (κ1) is 16.0. The van der Waals surface area contributed by atoms with Crippen molar-refractivity contribution in [2.45, 2.75) is 26.1 Å². The minimum Gasteiger partial charge on any atom is -0.334 e. The molecule has 1 unspecified atom stereocenters. The van der Waals surface area contributed by atoms with Gasteiger partial charge >= 0.3 is 6.03 Å². The van der Waals surface area contributed by atoms with Gasteiger partial charge in [0.05, 0.1) is 24.1 Å². The summed E-state index contributed by atoms with van der Waals surface area (Å²) >= 11 is 0. The predicted octanol–water partition coefficient (Wildman–Crippen LogP) is 2.00. The minimum atomic E-state index is -0.123. The van der Waals surface area contributed by atoms with Crippen molar-refractivity contribution in [1.29, 1.82) is 0 Å². The zero-order chi connectivity index (χ0) is 17.1. The van der Waals surface area contributed by atoms with Crippen LogP contribution in [0.3, 0.4) is 0 Å². The predicted molar refractivity (Wildman–Crippen MR) is 92.4 cm³/mol. The molecule has 2 heterocycles. The molecule has 3 rings (SSSR count). The zero-order valence-electron chi connectivity index (χ0n) is 14.2. The Bertz CT molecular complexity index is 823. The van der Waals surface area contributed by atoms with E-state index in [-0.39, 0.29) is 12.1 Å². The van der Waals surface area contributed by atoms with Gasteiger partial charge in [-0.15, -0.1) is 0 Å². The van der Waals surface area contributed by atoms with Crippen molar-refractivity contribution < 1.29 is 4.79 Å². The standard InChI is InChI=1S/C17H22N6O/c1-13(11-23-10-6-9-18-23)19-17(24)21(2)12-16-20-14-7-4-5-8-15(14)22(16)3/h4-10,13H,11-12H2,1-3H3,(H,19,24). The van der Waals surface area contributed by atoms with Gasteiger partial charge in [-0.1, -0.05) is 12.1 Å². The highest BCUT2D eigenvalue weighted by molar-refractivity contribution is 5.76. The normalized spacial score (nSPS) is 12.3. The van der Waals surface area contributed by atoms with E-state index in [2.05, 4.69) is 15.4 Å². The number of para-hydroxylation sites is 2. The lowest BCUT2D eigenvalue weighted by atomic mass is 10.3. The van der Waals surface area contributed by atoms with Gasteiger partial charge in [0.15, 0.2) is 0 Å². The summed E-state index contributed by atoms with van der Waals surface area (Å²) in [6.45, 7) is 3.05. The van der Waals surface area contributed by atoms with Crippen LogP contribution < -0.4 is 5.32 Å². The average Bonchev–Trinajstić information content (AvgIpc) is 3.16. The van der Waals surface area contributed by atoms with Crippen LogP contribution in [-0.4, -0.2) is 43.4 Å². The number of nitrogens with zero attached hydrogens (tertiary/aromatic N) is 5. The maximum atomic E-state index is 12.4. The van der Waals surface area contributed by atoms with Crippen LogP contribution in [-0.2, 0) is 20.1 Å². The van der Waals surface area contributed by atoms with Gasteiger partial charge in [0.1, 0.15) is 5.82 Å². The summed E-state index contributed by atoms with van der Waals surface area (Å²) in [5.74, 6) is 0.855. The Morgan fingerprint density at radius 3 is 2.83 bits per heavy atom. The van der Waals surface area contributed by atoms with E-state index in [1.54, 1.807) is 22.8 Å². The number of rotatable bonds is 5. The van der Waals surface area contributed by atoms with E-state index in [4.69, 9.17) is 0 Å². The van der Waals surface area contributed by atoms with Crippen LogP contribution in [0.5, 0.6) is 0 Å². The van der Waals surface area contributed by atoms with Crippen LogP contribution in [0, 0.1) is 0 Å². The average molecular weight is 326 g/mol. The van der Waals surface area contributed by atoms with Gasteiger partial charge in [-0.25, -0.2) is 9.78 Å². The number of carbonyl (C=O) groups is 1. The van der Waals surface area contributed by atoms with E-state index in [1.807, 2.05) is 55.1 Å². The molecule has 7 heteroatoms. The Morgan fingerprint density at radius 1 is 1.33 bits per heavy atom. The number of imidazole rings is 1. The fraction of sp³-hybridized carbons (Fsp3) is 0.353. The molecule has 1 N–H and O–H groups in total. The van der Waals surface area contributed by atoms with Gasteiger partial charge in [-0.2, -0.15) is 5.10 Å². The Hall–Kier alpha value is -2.83. The van der Waals surface area contributed by atoms with Crippen molar-refractivity contribution in [2.75, 3.05) is 7.05 Å². The van der Waals surface area contributed by atoms with Crippen molar-refractivity contribution in [3.63, 3.8) is 0 Å². The lowest BCUT2D eigenvalue weighted by Gasteiger charge is -2.21. The molecular weight excluding hydrogens is 304 g/mol. The highest BCUT2D eigenvalue weighted by Crippen LogP contribution is 2.15. The summed E-state index contributed by atoms with van der Waals surface area (Å²) in [6.07, 6.45) is 3.61. The monoisotopic (exact) mass is 326 g/mol. The molecule has 0 fully saturated rings. The molecule has 0 saturated heterocycles. The summed E-state index contributed by atoms with van der Waals surface area (Å²) in [4.78, 5) is 18.6. The van der Waals surface area contributed by atoms with Crippen LogP contribution in [0.15, 0.2) is 42.7 Å². The smallest absolute Gasteiger partial charge is 0.317 e. The number of hydrogen-bond donors (Lipinski definition) is 1. The second-order valence-electron chi connectivity index (χ2n) is 6.01. The quantitative estimate of drug-likeness (QED) is 0.780. The molecule has 1 aromatic carbocycles. The zero-order valence-corrected chi connectivity index (χ0v) is 14.2. The first-order chi connectivity index (χ1) is 11.5. The molecular formula is C17H22N6O. The van der Waals surface area contributed by atoms with E-state index in [1.165, 1.54) is 0 Å². The highest BCUT2D eigenvalue weighted by atomic mass is 16.2. The first-order valence-electron chi connectivity index (χ1n) is 7.94. The fourth-order valence-electron chi connectivity index (χ4n) is 2.68. The van der Waals surface area contributed by atoms with Crippen molar-refractivity contribution in [1.82, 2.24) is 29.5 Å². The molecule has 0 aliphatic rings. The summed E-state index contributed by atoms with van der Waals surface area (Å²) < 4.78 is 3.82. The van der Waals surface area contributed by atoms with E-state index in [0.29, 0.717) is 13.1 Å². The van der Waals surface area contributed by atoms with E-state index in [0.717, 1.165) is 16.9 Å². The van der Waals surface area contributed by atoms with Crippen molar-refractivity contribution in [3.8, 4) is 0 Å². The van der Waals surface area contributed by atoms with Crippen LogP contribution in [0.25, 0.3) is 11.0 Å². The molecule has 0 spiro atoms. The number of fused-ring (bicyclic) bond motifs is 1. The Kier molecular flexibility index (Phi) is 4.50. The van der Waals surface area contributed by atoms with Crippen molar-refractivity contribution >= 4 is 17.1 Å². The van der Waals surface area contributed by atoms with E-state index >= 15 is 0 Å². The van der Waals surface area contributed by atoms with Crippen LogP contribution in [0.4, 0.5) is 4.79 Å². The number of carbonyl (C=O) groups excluding carboxylic acids is 1. The molecule has 0 radical (unpaired) electrons. The molecule has 0 aliphatic heterocycles. The maximum Gasteiger partial charge on any atom is 0.317 e. The van der Waals surface area contributed by atoms with Crippen LogP contribution >= 0.6 is 0 Å². The molecule has 2 amide bonds. The van der Waals surface area contributed by atoms with Crippen LogP contribution in [0.1, 0.15) is 12.7 Å². The molecule has 3 aromatic rings. The molecule has 0 aliphatic carbocycles. The molecule has 0 saturated carbocycles. The van der Waals surface area contributed by atoms with Gasteiger partial charge < -0.3 is 14.8 Å². The molecule has 1 atom stereocenters. The van der Waals surface area contributed by atoms with E-state index < -0.39 is 0 Å². The second-order valence-corrected chi connectivity index (χ2v) is 6.01. The number of urea groups is 1. The van der Waals surface area contributed by atoms with Crippen molar-refractivity contribution in [3.05, 3.63) is 48.5 Å². The summed E-state index contributed by atoms with van der Waals surface area (Å²) in [7, 11) is 3.74. The maximum absolute atomic E-state index is 12.4. The number of aromatic nitrogens is 4.